The van der Waals surface area contributed by atoms with E-state index in [9.17, 15) is 0 Å². The van der Waals surface area contributed by atoms with E-state index in [2.05, 4.69) is 41.9 Å². The van der Waals surface area contributed by atoms with E-state index in [-0.39, 0.29) is 0 Å². The minimum absolute atomic E-state index is 0.394. The van der Waals surface area contributed by atoms with E-state index in [0.717, 1.165) is 22.8 Å². The first-order chi connectivity index (χ1) is 9.36. The van der Waals surface area contributed by atoms with Crippen molar-refractivity contribution in [3.8, 4) is 0 Å². The highest BCUT2D eigenvalue weighted by molar-refractivity contribution is 7.80. The summed E-state index contributed by atoms with van der Waals surface area (Å²) < 4.78 is 0. The largest absolute Gasteiger partial charge is 0.389 e. The molecule has 4 heteroatoms. The summed E-state index contributed by atoms with van der Waals surface area (Å²) in [7, 11) is 2.00. The van der Waals surface area contributed by atoms with E-state index in [0.29, 0.717) is 4.99 Å². The first-order valence-corrected chi connectivity index (χ1v) is 6.88. The molecule has 104 valence electrons. The Morgan fingerprint density at radius 1 is 1.05 bits per heavy atom. The van der Waals surface area contributed by atoms with Gasteiger partial charge in [0.15, 0.2) is 0 Å². The molecule has 0 aliphatic carbocycles. The lowest BCUT2D eigenvalue weighted by Gasteiger charge is -2.20. The van der Waals surface area contributed by atoms with Crippen molar-refractivity contribution in [2.24, 2.45) is 5.73 Å². The summed E-state index contributed by atoms with van der Waals surface area (Å²) in [5.74, 6) is 0.845. The van der Waals surface area contributed by atoms with Crippen LogP contribution in [0.2, 0.25) is 0 Å². The van der Waals surface area contributed by atoms with E-state index in [1.165, 1.54) is 11.1 Å². The molecule has 20 heavy (non-hydrogen) atoms. The number of thiocarbonyl (C=S) groups is 1. The van der Waals surface area contributed by atoms with Crippen LogP contribution < -0.4 is 10.6 Å². The monoisotopic (exact) mass is 285 g/mol. The van der Waals surface area contributed by atoms with Crippen LogP contribution in [0.5, 0.6) is 0 Å². The summed E-state index contributed by atoms with van der Waals surface area (Å²) in [5, 5.41) is 0. The normalized spacial score (nSPS) is 10.4. The Hall–Kier alpha value is -1.94. The van der Waals surface area contributed by atoms with Crippen LogP contribution in [0.4, 0.5) is 11.5 Å². The molecule has 2 aromatic rings. The van der Waals surface area contributed by atoms with Crippen LogP contribution in [-0.4, -0.2) is 17.0 Å². The minimum atomic E-state index is 0.394. The van der Waals surface area contributed by atoms with Gasteiger partial charge in [0, 0.05) is 24.0 Å². The lowest BCUT2D eigenvalue weighted by molar-refractivity contribution is 1.08. The molecule has 0 atom stereocenters. The van der Waals surface area contributed by atoms with Crippen molar-refractivity contribution in [2.75, 3.05) is 11.9 Å². The summed E-state index contributed by atoms with van der Waals surface area (Å²) >= 11 is 5.06. The summed E-state index contributed by atoms with van der Waals surface area (Å²) in [5.41, 5.74) is 11.0. The number of hydrogen-bond donors (Lipinski definition) is 1. The molecule has 0 bridgehead atoms. The van der Waals surface area contributed by atoms with Crippen molar-refractivity contribution < 1.29 is 0 Å². The van der Waals surface area contributed by atoms with Crippen LogP contribution >= 0.6 is 12.2 Å². The van der Waals surface area contributed by atoms with E-state index >= 15 is 0 Å². The van der Waals surface area contributed by atoms with Crippen molar-refractivity contribution in [1.29, 1.82) is 0 Å². The molecule has 0 aliphatic rings. The van der Waals surface area contributed by atoms with Gasteiger partial charge in [0.05, 0.1) is 0 Å². The zero-order valence-corrected chi connectivity index (χ0v) is 13.1. The van der Waals surface area contributed by atoms with Crippen LogP contribution in [0.1, 0.15) is 22.4 Å². The maximum Gasteiger partial charge on any atom is 0.133 e. The smallest absolute Gasteiger partial charge is 0.133 e. The van der Waals surface area contributed by atoms with Crippen molar-refractivity contribution in [2.45, 2.75) is 20.8 Å². The molecule has 0 fully saturated rings. The number of aromatic nitrogens is 1. The third kappa shape index (κ3) is 3.14. The molecular formula is C16H19N3S. The Balaban J connectivity index is 2.47. The summed E-state index contributed by atoms with van der Waals surface area (Å²) in [4.78, 5) is 7.01. The van der Waals surface area contributed by atoms with Gasteiger partial charge < -0.3 is 10.6 Å². The molecule has 1 heterocycles. The zero-order valence-electron chi connectivity index (χ0n) is 12.3. The second-order valence-corrected chi connectivity index (χ2v) is 5.56. The Bertz CT molecular complexity index is 645. The van der Waals surface area contributed by atoms with Crippen LogP contribution in [0.3, 0.4) is 0 Å². The van der Waals surface area contributed by atoms with Gasteiger partial charge in [0.1, 0.15) is 10.8 Å². The standard InChI is InChI=1S/C16H19N3S/c1-10-5-11(2)7-14(6-10)19(4)15-9-13(16(17)20)8-12(3)18-15/h5-9H,1-4H3,(H2,17,20). The first kappa shape index (κ1) is 14.5. The molecule has 0 aliphatic heterocycles. The van der Waals surface area contributed by atoms with Crippen LogP contribution in [0, 0.1) is 20.8 Å². The van der Waals surface area contributed by atoms with Crippen molar-refractivity contribution in [3.63, 3.8) is 0 Å². The van der Waals surface area contributed by atoms with Crippen LogP contribution in [0.15, 0.2) is 30.3 Å². The number of nitrogens with zero attached hydrogens (tertiary/aromatic N) is 2. The fourth-order valence-electron chi connectivity index (χ4n) is 2.24. The summed E-state index contributed by atoms with van der Waals surface area (Å²) in [6.45, 7) is 6.13. The molecule has 1 aromatic heterocycles. The SMILES string of the molecule is Cc1cc(C)cc(N(C)c2cc(C(N)=S)cc(C)n2)c1. The third-order valence-electron chi connectivity index (χ3n) is 3.16. The highest BCUT2D eigenvalue weighted by atomic mass is 32.1. The average Bonchev–Trinajstić information content (AvgIpc) is 2.35. The second-order valence-electron chi connectivity index (χ2n) is 5.12. The predicted octanol–water partition coefficient (Wildman–Crippen LogP) is 3.41. The molecule has 2 rings (SSSR count). The summed E-state index contributed by atoms with van der Waals surface area (Å²) in [6.07, 6.45) is 0. The molecule has 0 saturated heterocycles. The Kier molecular flexibility index (Phi) is 4.04. The highest BCUT2D eigenvalue weighted by Gasteiger charge is 2.09. The molecule has 2 N–H and O–H groups in total. The van der Waals surface area contributed by atoms with Crippen molar-refractivity contribution in [3.05, 3.63) is 52.7 Å². The highest BCUT2D eigenvalue weighted by Crippen LogP contribution is 2.25. The van der Waals surface area contributed by atoms with Crippen molar-refractivity contribution >= 4 is 28.7 Å². The molecule has 0 spiro atoms. The van der Waals surface area contributed by atoms with Gasteiger partial charge in [-0.2, -0.15) is 0 Å². The average molecular weight is 285 g/mol. The number of rotatable bonds is 3. The molecule has 0 amide bonds. The topological polar surface area (TPSA) is 42.1 Å². The van der Waals surface area contributed by atoms with Gasteiger partial charge >= 0.3 is 0 Å². The number of pyridine rings is 1. The van der Waals surface area contributed by atoms with E-state index in [4.69, 9.17) is 18.0 Å². The lowest BCUT2D eigenvalue weighted by atomic mass is 10.1. The lowest BCUT2D eigenvalue weighted by Crippen LogP contribution is -2.15. The second kappa shape index (κ2) is 5.59. The fraction of sp³-hybridized carbons (Fsp3) is 0.250. The van der Waals surface area contributed by atoms with Gasteiger partial charge in [-0.25, -0.2) is 4.98 Å². The number of nitrogens with two attached hydrogens (primary N) is 1. The van der Waals surface area contributed by atoms with E-state index in [1.807, 2.05) is 26.1 Å². The van der Waals surface area contributed by atoms with Gasteiger partial charge in [0.25, 0.3) is 0 Å². The first-order valence-electron chi connectivity index (χ1n) is 6.47. The third-order valence-corrected chi connectivity index (χ3v) is 3.40. The molecular weight excluding hydrogens is 266 g/mol. The number of aryl methyl sites for hydroxylation is 3. The van der Waals surface area contributed by atoms with Gasteiger partial charge in [-0.3, -0.25) is 0 Å². The Morgan fingerprint density at radius 3 is 2.20 bits per heavy atom. The number of benzene rings is 1. The minimum Gasteiger partial charge on any atom is -0.389 e. The van der Waals surface area contributed by atoms with Gasteiger partial charge in [-0.1, -0.05) is 18.3 Å². The molecule has 0 radical (unpaired) electrons. The Morgan fingerprint density at radius 2 is 1.65 bits per heavy atom. The molecule has 0 unspecified atom stereocenters. The molecule has 1 aromatic carbocycles. The van der Waals surface area contributed by atoms with Gasteiger partial charge in [-0.15, -0.1) is 0 Å². The van der Waals surface area contributed by atoms with Crippen LogP contribution in [-0.2, 0) is 0 Å². The summed E-state index contributed by atoms with van der Waals surface area (Å²) in [6, 6.07) is 10.3. The molecule has 3 nitrogen and oxygen atoms in total. The number of hydrogen-bond acceptors (Lipinski definition) is 3. The predicted molar refractivity (Wildman–Crippen MR) is 88.8 cm³/mol. The van der Waals surface area contributed by atoms with E-state index in [1.54, 1.807) is 0 Å². The molecule has 0 saturated carbocycles. The fourth-order valence-corrected chi connectivity index (χ4v) is 2.36. The van der Waals surface area contributed by atoms with Gasteiger partial charge in [-0.05, 0) is 56.2 Å². The van der Waals surface area contributed by atoms with Gasteiger partial charge in [0.2, 0.25) is 0 Å². The maximum atomic E-state index is 5.72. The van der Waals surface area contributed by atoms with Crippen molar-refractivity contribution in [1.82, 2.24) is 4.98 Å². The van der Waals surface area contributed by atoms with Crippen LogP contribution in [0.25, 0.3) is 0 Å². The quantitative estimate of drug-likeness (QED) is 0.878. The Labute approximate surface area is 125 Å². The van der Waals surface area contributed by atoms with E-state index < -0.39 is 0 Å². The number of anilines is 2. The zero-order chi connectivity index (χ0) is 14.9. The maximum absolute atomic E-state index is 5.72.